The minimum absolute atomic E-state index is 0.0312. The first-order valence-corrected chi connectivity index (χ1v) is 4.92. The average Bonchev–Trinajstić information content (AvgIpc) is 2.43. The van der Waals surface area contributed by atoms with Crippen LogP contribution in [0.15, 0.2) is 0 Å². The Hall–Kier alpha value is -0.450. The van der Waals surface area contributed by atoms with Gasteiger partial charge in [0, 0.05) is 26.0 Å². The Bertz CT molecular complexity index is 223. The van der Waals surface area contributed by atoms with Gasteiger partial charge in [0.1, 0.15) is 6.23 Å². The van der Waals surface area contributed by atoms with Crippen molar-refractivity contribution in [3.8, 4) is 0 Å². The zero-order chi connectivity index (χ0) is 10.9. The zero-order valence-electron chi connectivity index (χ0n) is 9.63. The molecule has 0 aromatic carbocycles. The quantitative estimate of drug-likeness (QED) is 0.715. The Kier molecular flexibility index (Phi) is 3.29. The normalized spacial score (nSPS) is 29.5. The molecular weight excluding hydrogens is 180 g/mol. The first-order chi connectivity index (χ1) is 6.36. The second-order valence-corrected chi connectivity index (χ2v) is 4.83. The van der Waals surface area contributed by atoms with Crippen LogP contribution in [0.2, 0.25) is 0 Å². The summed E-state index contributed by atoms with van der Waals surface area (Å²) in [7, 11) is 3.53. The molecule has 0 radical (unpaired) electrons. The molecule has 0 aromatic heterocycles. The van der Waals surface area contributed by atoms with E-state index in [2.05, 4.69) is 5.43 Å². The fourth-order valence-electron chi connectivity index (χ4n) is 1.66. The molecule has 1 heterocycles. The van der Waals surface area contributed by atoms with Crippen LogP contribution in [0.5, 0.6) is 0 Å². The number of Topliss-reactive ketones (excluding diaryl/α,β-unsaturated/α-hetero) is 1. The van der Waals surface area contributed by atoms with Gasteiger partial charge >= 0.3 is 0 Å². The van der Waals surface area contributed by atoms with E-state index in [-0.39, 0.29) is 23.5 Å². The number of methoxy groups -OCH3 is 1. The molecule has 1 aliphatic heterocycles. The highest BCUT2D eigenvalue weighted by Gasteiger charge is 2.38. The Labute approximate surface area is 85.6 Å². The third-order valence-corrected chi connectivity index (χ3v) is 2.58. The van der Waals surface area contributed by atoms with Crippen LogP contribution in [0, 0.1) is 5.41 Å². The highest BCUT2D eigenvalue weighted by atomic mass is 16.5. The lowest BCUT2D eigenvalue weighted by Gasteiger charge is -2.25. The van der Waals surface area contributed by atoms with E-state index < -0.39 is 0 Å². The Morgan fingerprint density at radius 1 is 1.50 bits per heavy atom. The average molecular weight is 200 g/mol. The third-order valence-electron chi connectivity index (χ3n) is 2.58. The number of likely N-dealkylation sites (N-methyl/N-ethyl adjacent to an activating group) is 1. The second kappa shape index (κ2) is 3.96. The molecule has 2 unspecified atom stereocenters. The van der Waals surface area contributed by atoms with Crippen LogP contribution in [0.25, 0.3) is 0 Å². The maximum Gasteiger partial charge on any atom is 0.156 e. The molecule has 0 saturated carbocycles. The Balaban J connectivity index is 2.66. The van der Waals surface area contributed by atoms with Gasteiger partial charge in [-0.25, -0.2) is 10.4 Å². The first kappa shape index (κ1) is 11.6. The largest absolute Gasteiger partial charge is 0.365 e. The first-order valence-electron chi connectivity index (χ1n) is 4.92. The Morgan fingerprint density at radius 3 is 2.43 bits per heavy atom. The van der Waals surface area contributed by atoms with Crippen molar-refractivity contribution in [3.63, 3.8) is 0 Å². The number of hydrogen-bond acceptors (Lipinski definition) is 4. The van der Waals surface area contributed by atoms with E-state index in [1.54, 1.807) is 7.11 Å². The number of nitrogens with one attached hydrogen (secondary N) is 1. The Morgan fingerprint density at radius 2 is 2.07 bits per heavy atom. The highest BCUT2D eigenvalue weighted by molar-refractivity contribution is 5.88. The molecule has 4 heteroatoms. The summed E-state index contributed by atoms with van der Waals surface area (Å²) in [5, 5.41) is 1.85. The fourth-order valence-corrected chi connectivity index (χ4v) is 1.66. The summed E-state index contributed by atoms with van der Waals surface area (Å²) in [6.45, 7) is 5.84. The van der Waals surface area contributed by atoms with Crippen molar-refractivity contribution >= 4 is 5.78 Å². The maximum atomic E-state index is 12.0. The number of carbonyl (C=O) groups excluding carboxylic acids is 1. The molecule has 0 aliphatic carbocycles. The fraction of sp³-hybridized carbons (Fsp3) is 0.900. The molecule has 2 atom stereocenters. The van der Waals surface area contributed by atoms with E-state index in [0.717, 1.165) is 6.42 Å². The monoisotopic (exact) mass is 200 g/mol. The van der Waals surface area contributed by atoms with Crippen LogP contribution in [0.1, 0.15) is 27.2 Å². The van der Waals surface area contributed by atoms with Gasteiger partial charge in [0.15, 0.2) is 5.78 Å². The van der Waals surface area contributed by atoms with Crippen LogP contribution in [0.3, 0.4) is 0 Å². The van der Waals surface area contributed by atoms with Gasteiger partial charge in [0.2, 0.25) is 0 Å². The molecule has 0 aromatic rings. The van der Waals surface area contributed by atoms with Crippen molar-refractivity contribution in [1.29, 1.82) is 0 Å². The van der Waals surface area contributed by atoms with Gasteiger partial charge in [-0.15, -0.1) is 0 Å². The van der Waals surface area contributed by atoms with Crippen LogP contribution in [-0.4, -0.2) is 37.2 Å². The predicted octanol–water partition coefficient (Wildman–Crippen LogP) is 0.783. The van der Waals surface area contributed by atoms with Gasteiger partial charge in [-0.3, -0.25) is 4.79 Å². The molecule has 1 saturated heterocycles. The standard InChI is InChI=1S/C10H20N2O2/c1-10(2,3)9(13)7-6-8(14-5)11-12(7)4/h7-8,11H,6H2,1-5H3. The van der Waals surface area contributed by atoms with Gasteiger partial charge in [0.25, 0.3) is 0 Å². The van der Waals surface area contributed by atoms with Gasteiger partial charge in [0.05, 0.1) is 6.04 Å². The molecule has 1 fully saturated rings. The molecule has 0 bridgehead atoms. The van der Waals surface area contributed by atoms with Crippen molar-refractivity contribution < 1.29 is 9.53 Å². The molecular formula is C10H20N2O2. The predicted molar refractivity (Wildman–Crippen MR) is 54.6 cm³/mol. The topological polar surface area (TPSA) is 41.6 Å². The van der Waals surface area contributed by atoms with E-state index in [4.69, 9.17) is 4.74 Å². The van der Waals surface area contributed by atoms with Crippen molar-refractivity contribution in [3.05, 3.63) is 0 Å². The molecule has 1 aliphatic rings. The van der Waals surface area contributed by atoms with Gasteiger partial charge in [-0.2, -0.15) is 0 Å². The maximum absolute atomic E-state index is 12.0. The number of nitrogens with zero attached hydrogens (tertiary/aromatic N) is 1. The lowest BCUT2D eigenvalue weighted by molar-refractivity contribution is -0.131. The summed E-state index contributed by atoms with van der Waals surface area (Å²) < 4.78 is 5.17. The molecule has 0 spiro atoms. The van der Waals surface area contributed by atoms with E-state index in [0.29, 0.717) is 0 Å². The van der Waals surface area contributed by atoms with Crippen LogP contribution >= 0.6 is 0 Å². The van der Waals surface area contributed by atoms with E-state index in [9.17, 15) is 4.79 Å². The van der Waals surface area contributed by atoms with Crippen molar-refractivity contribution in [1.82, 2.24) is 10.4 Å². The van der Waals surface area contributed by atoms with E-state index in [1.165, 1.54) is 0 Å². The minimum Gasteiger partial charge on any atom is -0.365 e. The summed E-state index contributed by atoms with van der Waals surface area (Å²) in [4.78, 5) is 12.0. The smallest absolute Gasteiger partial charge is 0.156 e. The molecule has 0 amide bonds. The number of rotatable bonds is 2. The molecule has 1 N–H and O–H groups in total. The van der Waals surface area contributed by atoms with Crippen molar-refractivity contribution in [2.24, 2.45) is 5.41 Å². The van der Waals surface area contributed by atoms with Crippen molar-refractivity contribution in [2.75, 3.05) is 14.2 Å². The molecule has 14 heavy (non-hydrogen) atoms. The van der Waals surface area contributed by atoms with Gasteiger partial charge < -0.3 is 4.74 Å². The van der Waals surface area contributed by atoms with Crippen LogP contribution in [-0.2, 0) is 9.53 Å². The summed E-state index contributed by atoms with van der Waals surface area (Å²) in [5.41, 5.74) is 2.81. The molecule has 4 nitrogen and oxygen atoms in total. The number of hydrazine groups is 1. The zero-order valence-corrected chi connectivity index (χ0v) is 9.63. The summed E-state index contributed by atoms with van der Waals surface area (Å²) in [6, 6.07) is -0.0695. The van der Waals surface area contributed by atoms with Crippen molar-refractivity contribution in [2.45, 2.75) is 39.5 Å². The van der Waals surface area contributed by atoms with Gasteiger partial charge in [-0.1, -0.05) is 20.8 Å². The van der Waals surface area contributed by atoms with E-state index in [1.807, 2.05) is 32.8 Å². The second-order valence-electron chi connectivity index (χ2n) is 4.83. The summed E-state index contributed by atoms with van der Waals surface area (Å²) in [5.74, 6) is 0.257. The lowest BCUT2D eigenvalue weighted by atomic mass is 9.85. The van der Waals surface area contributed by atoms with E-state index >= 15 is 0 Å². The third kappa shape index (κ3) is 2.32. The lowest BCUT2D eigenvalue weighted by Crippen LogP contribution is -2.43. The van der Waals surface area contributed by atoms with Crippen LogP contribution < -0.4 is 5.43 Å². The number of carbonyl (C=O) groups is 1. The van der Waals surface area contributed by atoms with Crippen LogP contribution in [0.4, 0.5) is 0 Å². The van der Waals surface area contributed by atoms with Gasteiger partial charge in [-0.05, 0) is 0 Å². The number of ketones is 1. The SMILES string of the molecule is COC1CC(C(=O)C(C)(C)C)N(C)N1. The number of hydrogen-bond donors (Lipinski definition) is 1. The summed E-state index contributed by atoms with van der Waals surface area (Å²) >= 11 is 0. The molecule has 1 rings (SSSR count). The molecule has 82 valence electrons. The summed E-state index contributed by atoms with van der Waals surface area (Å²) in [6.07, 6.45) is 0.694. The number of ether oxygens (including phenoxy) is 1. The highest BCUT2D eigenvalue weighted by Crippen LogP contribution is 2.24. The minimum atomic E-state index is -0.288.